The van der Waals surface area contributed by atoms with Crippen molar-refractivity contribution in [3.63, 3.8) is 0 Å². The lowest BCUT2D eigenvalue weighted by molar-refractivity contribution is 0.709. The van der Waals surface area contributed by atoms with Crippen LogP contribution in [-0.4, -0.2) is 14.3 Å². The maximum absolute atomic E-state index is 12.4. The van der Waals surface area contributed by atoms with Crippen molar-refractivity contribution in [3.05, 3.63) is 63.1 Å². The zero-order valence-electron chi connectivity index (χ0n) is 12.8. The fraction of sp³-hybridized carbons (Fsp3) is 0.235. The van der Waals surface area contributed by atoms with E-state index < -0.39 is 0 Å². The molecule has 0 radical (unpaired) electrons. The van der Waals surface area contributed by atoms with Gasteiger partial charge in [-0.3, -0.25) is 14.0 Å². The summed E-state index contributed by atoms with van der Waals surface area (Å²) in [6.07, 6.45) is 0. The maximum atomic E-state index is 12.4. The number of rotatable bonds is 2. The van der Waals surface area contributed by atoms with Gasteiger partial charge in [0.05, 0.1) is 23.9 Å². The lowest BCUT2D eigenvalue weighted by Crippen LogP contribution is -2.22. The first-order valence-electron chi connectivity index (χ1n) is 7.04. The van der Waals surface area contributed by atoms with Crippen molar-refractivity contribution in [1.82, 2.24) is 14.3 Å². The van der Waals surface area contributed by atoms with Gasteiger partial charge in [-0.1, -0.05) is 12.1 Å². The van der Waals surface area contributed by atoms with Crippen LogP contribution in [0, 0.1) is 25.2 Å². The van der Waals surface area contributed by atoms with Crippen molar-refractivity contribution >= 4 is 11.0 Å². The highest BCUT2D eigenvalue weighted by Crippen LogP contribution is 2.20. The van der Waals surface area contributed by atoms with E-state index in [2.05, 4.69) is 11.2 Å². The van der Waals surface area contributed by atoms with Crippen molar-refractivity contribution in [2.24, 2.45) is 7.05 Å². The molecule has 3 rings (SSSR count). The predicted molar refractivity (Wildman–Crippen MR) is 84.7 cm³/mol. The number of hydrogen-bond acceptors (Lipinski definition) is 3. The summed E-state index contributed by atoms with van der Waals surface area (Å²) < 4.78 is 3.48. The van der Waals surface area contributed by atoms with Crippen molar-refractivity contribution in [3.8, 4) is 6.07 Å². The molecule has 2 heterocycles. The van der Waals surface area contributed by atoms with Crippen molar-refractivity contribution in [2.45, 2.75) is 20.4 Å². The SMILES string of the molecule is Cc1cc(=O)n(Cc2ccc(C#N)cc2)c2c1c(C)nn2C. The lowest BCUT2D eigenvalue weighted by Gasteiger charge is -2.10. The number of nitriles is 1. The number of aryl methyl sites for hydroxylation is 3. The number of hydrogen-bond donors (Lipinski definition) is 0. The van der Waals surface area contributed by atoms with Gasteiger partial charge < -0.3 is 0 Å². The number of benzene rings is 1. The van der Waals surface area contributed by atoms with Gasteiger partial charge in [0.1, 0.15) is 5.65 Å². The van der Waals surface area contributed by atoms with E-state index in [9.17, 15) is 4.79 Å². The van der Waals surface area contributed by atoms with Crippen LogP contribution in [0.25, 0.3) is 11.0 Å². The van der Waals surface area contributed by atoms with Crippen LogP contribution in [-0.2, 0) is 13.6 Å². The van der Waals surface area contributed by atoms with Crippen LogP contribution >= 0.6 is 0 Å². The minimum absolute atomic E-state index is 0.0441. The number of aromatic nitrogens is 3. The second-order valence-corrected chi connectivity index (χ2v) is 5.47. The molecular weight excluding hydrogens is 276 g/mol. The third-order valence-electron chi connectivity index (χ3n) is 3.87. The van der Waals surface area contributed by atoms with Crippen molar-refractivity contribution in [1.29, 1.82) is 5.26 Å². The molecular formula is C17H16N4O. The summed E-state index contributed by atoms with van der Waals surface area (Å²) in [4.78, 5) is 12.4. The standard InChI is InChI=1S/C17H16N4O/c1-11-8-15(22)21(17-16(11)12(2)19-20(17)3)10-14-6-4-13(9-18)5-7-14/h4-8H,10H2,1-3H3. The molecule has 2 aromatic heterocycles. The fourth-order valence-electron chi connectivity index (χ4n) is 2.88. The number of nitrogens with zero attached hydrogens (tertiary/aromatic N) is 4. The zero-order chi connectivity index (χ0) is 15.9. The smallest absolute Gasteiger partial charge is 0.252 e. The third-order valence-corrected chi connectivity index (χ3v) is 3.87. The van der Waals surface area contributed by atoms with E-state index in [1.54, 1.807) is 27.4 Å². The Hall–Kier alpha value is -2.87. The molecule has 5 heteroatoms. The molecule has 0 spiro atoms. The van der Waals surface area contributed by atoms with Gasteiger partial charge in [0.15, 0.2) is 0 Å². The summed E-state index contributed by atoms with van der Waals surface area (Å²) in [6, 6.07) is 11.0. The van der Waals surface area contributed by atoms with Gasteiger partial charge in [-0.15, -0.1) is 0 Å². The molecule has 5 nitrogen and oxygen atoms in total. The number of pyridine rings is 1. The molecule has 22 heavy (non-hydrogen) atoms. The molecule has 0 aliphatic carbocycles. The summed E-state index contributed by atoms with van der Waals surface area (Å²) in [5.41, 5.74) is 4.24. The lowest BCUT2D eigenvalue weighted by atomic mass is 10.1. The van der Waals surface area contributed by atoms with Gasteiger partial charge in [0.25, 0.3) is 5.56 Å². The van der Waals surface area contributed by atoms with Gasteiger partial charge in [-0.2, -0.15) is 10.4 Å². The molecule has 0 amide bonds. The van der Waals surface area contributed by atoms with Crippen LogP contribution in [0.5, 0.6) is 0 Å². The van der Waals surface area contributed by atoms with Crippen molar-refractivity contribution in [2.75, 3.05) is 0 Å². The Bertz CT molecular complexity index is 955. The summed E-state index contributed by atoms with van der Waals surface area (Å²) in [5, 5.41) is 14.3. The van der Waals surface area contributed by atoms with E-state index in [1.807, 2.05) is 33.0 Å². The summed E-state index contributed by atoms with van der Waals surface area (Å²) in [7, 11) is 1.85. The van der Waals surface area contributed by atoms with Gasteiger partial charge in [0, 0.05) is 18.5 Å². The molecule has 0 aliphatic heterocycles. The highest BCUT2D eigenvalue weighted by atomic mass is 16.1. The largest absolute Gasteiger partial charge is 0.288 e. The van der Waals surface area contributed by atoms with Crippen LogP contribution in [0.2, 0.25) is 0 Å². The minimum atomic E-state index is -0.0441. The molecule has 0 N–H and O–H groups in total. The Balaban J connectivity index is 2.18. The summed E-state index contributed by atoms with van der Waals surface area (Å²) in [6.45, 7) is 4.34. The first kappa shape index (κ1) is 14.1. The van der Waals surface area contributed by atoms with E-state index in [0.717, 1.165) is 27.9 Å². The van der Waals surface area contributed by atoms with Crippen LogP contribution in [0.15, 0.2) is 35.1 Å². The predicted octanol–water partition coefficient (Wildman–Crippen LogP) is 2.27. The maximum Gasteiger partial charge on any atom is 0.252 e. The Labute approximate surface area is 128 Å². The van der Waals surface area contributed by atoms with E-state index in [0.29, 0.717) is 12.1 Å². The van der Waals surface area contributed by atoms with E-state index in [4.69, 9.17) is 5.26 Å². The van der Waals surface area contributed by atoms with E-state index in [1.165, 1.54) is 0 Å². The minimum Gasteiger partial charge on any atom is -0.288 e. The molecule has 0 saturated carbocycles. The normalized spacial score (nSPS) is 10.8. The van der Waals surface area contributed by atoms with Gasteiger partial charge >= 0.3 is 0 Å². The topological polar surface area (TPSA) is 63.6 Å². The second-order valence-electron chi connectivity index (χ2n) is 5.47. The molecule has 3 aromatic rings. The summed E-state index contributed by atoms with van der Waals surface area (Å²) in [5.74, 6) is 0. The molecule has 0 fully saturated rings. The Morgan fingerprint density at radius 3 is 2.55 bits per heavy atom. The molecule has 0 bridgehead atoms. The fourth-order valence-corrected chi connectivity index (χ4v) is 2.88. The van der Waals surface area contributed by atoms with Crippen molar-refractivity contribution < 1.29 is 0 Å². The zero-order valence-corrected chi connectivity index (χ0v) is 12.8. The van der Waals surface area contributed by atoms with Crippen LogP contribution in [0.4, 0.5) is 0 Å². The Kier molecular flexibility index (Phi) is 3.30. The molecule has 0 aliphatic rings. The Morgan fingerprint density at radius 2 is 1.91 bits per heavy atom. The van der Waals surface area contributed by atoms with Gasteiger partial charge in [0.2, 0.25) is 0 Å². The highest BCUT2D eigenvalue weighted by Gasteiger charge is 2.14. The molecule has 1 aromatic carbocycles. The summed E-state index contributed by atoms with van der Waals surface area (Å²) >= 11 is 0. The van der Waals surface area contributed by atoms with Crippen LogP contribution in [0.1, 0.15) is 22.4 Å². The molecule has 0 unspecified atom stereocenters. The van der Waals surface area contributed by atoms with E-state index in [-0.39, 0.29) is 5.56 Å². The second kappa shape index (κ2) is 5.15. The van der Waals surface area contributed by atoms with Crippen LogP contribution < -0.4 is 5.56 Å². The molecule has 0 atom stereocenters. The monoisotopic (exact) mass is 292 g/mol. The van der Waals surface area contributed by atoms with E-state index >= 15 is 0 Å². The average Bonchev–Trinajstić information content (AvgIpc) is 2.79. The quantitative estimate of drug-likeness (QED) is 0.728. The average molecular weight is 292 g/mol. The Morgan fingerprint density at radius 1 is 1.23 bits per heavy atom. The van der Waals surface area contributed by atoms with Gasteiger partial charge in [-0.25, -0.2) is 0 Å². The number of fused-ring (bicyclic) bond motifs is 1. The first-order chi connectivity index (χ1) is 10.5. The molecule has 0 saturated heterocycles. The molecule has 110 valence electrons. The highest BCUT2D eigenvalue weighted by molar-refractivity contribution is 5.82. The third kappa shape index (κ3) is 2.19. The van der Waals surface area contributed by atoms with Crippen LogP contribution in [0.3, 0.4) is 0 Å². The van der Waals surface area contributed by atoms with Gasteiger partial charge in [-0.05, 0) is 37.1 Å². The first-order valence-corrected chi connectivity index (χ1v) is 7.04.